The summed E-state index contributed by atoms with van der Waals surface area (Å²) >= 11 is 1.52. The maximum absolute atomic E-state index is 12.3. The molecule has 1 N–H and O–H groups in total. The number of ether oxygens (including phenoxy) is 2. The van der Waals surface area contributed by atoms with Gasteiger partial charge in [0.15, 0.2) is 21.3 Å². The van der Waals surface area contributed by atoms with Crippen molar-refractivity contribution in [3.05, 3.63) is 36.7 Å². The molecule has 0 amide bonds. The fourth-order valence-corrected chi connectivity index (χ4v) is 4.20. The third kappa shape index (κ3) is 3.85. The van der Waals surface area contributed by atoms with Gasteiger partial charge in [0.05, 0.1) is 36.1 Å². The van der Waals surface area contributed by atoms with Crippen LogP contribution in [0.25, 0.3) is 10.9 Å². The van der Waals surface area contributed by atoms with Crippen LogP contribution in [-0.4, -0.2) is 44.6 Å². The number of thioether (sulfide) groups is 1. The molecule has 0 unspecified atom stereocenters. The van der Waals surface area contributed by atoms with Crippen molar-refractivity contribution in [2.75, 3.05) is 31.5 Å². The van der Waals surface area contributed by atoms with Crippen LogP contribution < -0.4 is 14.8 Å². The van der Waals surface area contributed by atoms with E-state index in [1.807, 2.05) is 6.26 Å². The molecule has 0 aliphatic carbocycles. The molecular weight excluding hydrogens is 398 g/mol. The van der Waals surface area contributed by atoms with Gasteiger partial charge in [-0.15, -0.1) is 11.8 Å². The SMILES string of the molecule is CCS(=O)(=O)c1ccc(SC)c(Nc2ncnc3cc(OC)c(OC)cc23)c1. The Balaban J connectivity index is 2.13. The van der Waals surface area contributed by atoms with Crippen LogP contribution in [0.4, 0.5) is 11.5 Å². The summed E-state index contributed by atoms with van der Waals surface area (Å²) < 4.78 is 35.3. The first kappa shape index (κ1) is 20.2. The minimum atomic E-state index is -3.32. The molecule has 3 aromatic rings. The molecule has 1 aromatic heterocycles. The van der Waals surface area contributed by atoms with Crippen molar-refractivity contribution < 1.29 is 17.9 Å². The topological polar surface area (TPSA) is 90.4 Å². The molecule has 0 aliphatic rings. The average Bonchev–Trinajstić information content (AvgIpc) is 2.72. The Morgan fingerprint density at radius 3 is 2.43 bits per heavy atom. The van der Waals surface area contributed by atoms with Gasteiger partial charge in [0.1, 0.15) is 12.1 Å². The summed E-state index contributed by atoms with van der Waals surface area (Å²) in [6, 6.07) is 8.63. The number of methoxy groups -OCH3 is 2. The van der Waals surface area contributed by atoms with Crippen LogP contribution in [0.1, 0.15) is 6.92 Å². The largest absolute Gasteiger partial charge is 0.493 e. The standard InChI is InChI=1S/C19H21N3O4S2/c1-5-28(23,24)12-6-7-18(27-4)15(8-12)22-19-13-9-16(25-2)17(26-3)10-14(13)20-11-21-19/h6-11H,5H2,1-4H3,(H,20,21,22). The van der Waals surface area contributed by atoms with E-state index in [1.165, 1.54) is 18.1 Å². The lowest BCUT2D eigenvalue weighted by molar-refractivity contribution is 0.356. The molecule has 0 fully saturated rings. The monoisotopic (exact) mass is 419 g/mol. The zero-order chi connectivity index (χ0) is 20.3. The molecule has 148 valence electrons. The Morgan fingerprint density at radius 1 is 1.07 bits per heavy atom. The van der Waals surface area contributed by atoms with E-state index in [0.717, 1.165) is 10.3 Å². The summed E-state index contributed by atoms with van der Waals surface area (Å²) in [5.74, 6) is 1.71. The Kier molecular flexibility index (Phi) is 5.95. The molecule has 0 spiro atoms. The first-order chi connectivity index (χ1) is 13.4. The van der Waals surface area contributed by atoms with E-state index in [2.05, 4.69) is 15.3 Å². The summed E-state index contributed by atoms with van der Waals surface area (Å²) in [7, 11) is -0.194. The molecule has 0 saturated carbocycles. The molecule has 0 saturated heterocycles. The number of hydrogen-bond donors (Lipinski definition) is 1. The Labute approximate surface area is 168 Å². The van der Waals surface area contributed by atoms with Gasteiger partial charge >= 0.3 is 0 Å². The maximum Gasteiger partial charge on any atom is 0.178 e. The van der Waals surface area contributed by atoms with E-state index in [4.69, 9.17) is 9.47 Å². The van der Waals surface area contributed by atoms with E-state index in [9.17, 15) is 8.42 Å². The van der Waals surface area contributed by atoms with Crippen molar-refractivity contribution in [1.29, 1.82) is 0 Å². The van der Waals surface area contributed by atoms with Crippen LogP contribution in [0.5, 0.6) is 11.5 Å². The zero-order valence-corrected chi connectivity index (χ0v) is 17.6. The van der Waals surface area contributed by atoms with Crippen molar-refractivity contribution in [2.24, 2.45) is 0 Å². The molecule has 0 atom stereocenters. The summed E-state index contributed by atoms with van der Waals surface area (Å²) in [5.41, 5.74) is 1.34. The molecule has 28 heavy (non-hydrogen) atoms. The van der Waals surface area contributed by atoms with Gasteiger partial charge in [-0.2, -0.15) is 0 Å². The maximum atomic E-state index is 12.3. The Morgan fingerprint density at radius 2 is 1.79 bits per heavy atom. The van der Waals surface area contributed by atoms with Gasteiger partial charge < -0.3 is 14.8 Å². The number of benzene rings is 2. The van der Waals surface area contributed by atoms with E-state index < -0.39 is 9.84 Å². The highest BCUT2D eigenvalue weighted by atomic mass is 32.2. The Hall–Kier alpha value is -2.52. The fraction of sp³-hybridized carbons (Fsp3) is 0.263. The first-order valence-corrected chi connectivity index (χ1v) is 11.4. The second-order valence-electron chi connectivity index (χ2n) is 5.84. The molecule has 2 aromatic carbocycles. The van der Waals surface area contributed by atoms with Crippen molar-refractivity contribution in [1.82, 2.24) is 9.97 Å². The van der Waals surface area contributed by atoms with E-state index in [1.54, 1.807) is 51.5 Å². The van der Waals surface area contributed by atoms with Crippen molar-refractivity contribution in [2.45, 2.75) is 16.7 Å². The van der Waals surface area contributed by atoms with Crippen LogP contribution in [0.3, 0.4) is 0 Å². The van der Waals surface area contributed by atoms with Crippen molar-refractivity contribution in [3.63, 3.8) is 0 Å². The quantitative estimate of drug-likeness (QED) is 0.577. The second kappa shape index (κ2) is 8.24. The highest BCUT2D eigenvalue weighted by Gasteiger charge is 2.16. The number of nitrogens with zero attached hydrogens (tertiary/aromatic N) is 2. The van der Waals surface area contributed by atoms with Gasteiger partial charge in [0, 0.05) is 16.3 Å². The van der Waals surface area contributed by atoms with Gasteiger partial charge in [-0.3, -0.25) is 0 Å². The molecule has 0 bridgehead atoms. The van der Waals surface area contributed by atoms with Crippen LogP contribution in [0.2, 0.25) is 0 Å². The third-order valence-electron chi connectivity index (χ3n) is 4.30. The van der Waals surface area contributed by atoms with Crippen molar-refractivity contribution in [3.8, 4) is 11.5 Å². The van der Waals surface area contributed by atoms with Crippen LogP contribution in [-0.2, 0) is 9.84 Å². The van der Waals surface area contributed by atoms with E-state index in [0.29, 0.717) is 28.5 Å². The zero-order valence-electron chi connectivity index (χ0n) is 16.0. The highest BCUT2D eigenvalue weighted by molar-refractivity contribution is 7.98. The summed E-state index contributed by atoms with van der Waals surface area (Å²) in [4.78, 5) is 9.81. The molecule has 9 heteroatoms. The predicted molar refractivity (Wildman–Crippen MR) is 112 cm³/mol. The molecular formula is C19H21N3O4S2. The molecule has 0 aliphatic heterocycles. The number of fused-ring (bicyclic) bond motifs is 1. The lowest BCUT2D eigenvalue weighted by Gasteiger charge is -2.14. The first-order valence-electron chi connectivity index (χ1n) is 8.48. The minimum Gasteiger partial charge on any atom is -0.493 e. The average molecular weight is 420 g/mol. The van der Waals surface area contributed by atoms with Gasteiger partial charge in [-0.1, -0.05) is 6.92 Å². The van der Waals surface area contributed by atoms with E-state index >= 15 is 0 Å². The predicted octanol–water partition coefficient (Wildman–Crippen LogP) is 3.91. The van der Waals surface area contributed by atoms with Gasteiger partial charge in [0.25, 0.3) is 0 Å². The minimum absolute atomic E-state index is 0.0402. The molecule has 0 radical (unpaired) electrons. The number of aromatic nitrogens is 2. The van der Waals surface area contributed by atoms with Gasteiger partial charge in [0.2, 0.25) is 0 Å². The van der Waals surface area contributed by atoms with E-state index in [-0.39, 0.29) is 10.6 Å². The number of hydrogen-bond acceptors (Lipinski definition) is 8. The summed E-state index contributed by atoms with van der Waals surface area (Å²) in [6.07, 6.45) is 3.38. The normalized spacial score (nSPS) is 11.4. The fourth-order valence-electron chi connectivity index (χ4n) is 2.76. The smallest absolute Gasteiger partial charge is 0.178 e. The van der Waals surface area contributed by atoms with Crippen LogP contribution >= 0.6 is 11.8 Å². The van der Waals surface area contributed by atoms with Crippen molar-refractivity contribution >= 4 is 44.0 Å². The summed E-state index contributed by atoms with van der Waals surface area (Å²) in [5, 5.41) is 3.99. The Bertz CT molecular complexity index is 1120. The molecule has 1 heterocycles. The third-order valence-corrected chi connectivity index (χ3v) is 6.83. The number of anilines is 2. The number of rotatable bonds is 7. The highest BCUT2D eigenvalue weighted by Crippen LogP contribution is 2.36. The van der Waals surface area contributed by atoms with Crippen LogP contribution in [0, 0.1) is 0 Å². The lowest BCUT2D eigenvalue weighted by Crippen LogP contribution is -2.05. The van der Waals surface area contributed by atoms with Crippen LogP contribution in [0.15, 0.2) is 46.5 Å². The molecule has 7 nitrogen and oxygen atoms in total. The lowest BCUT2D eigenvalue weighted by atomic mass is 10.2. The second-order valence-corrected chi connectivity index (χ2v) is 8.96. The number of sulfone groups is 1. The molecule has 3 rings (SSSR count). The summed E-state index contributed by atoms with van der Waals surface area (Å²) in [6.45, 7) is 1.63. The van der Waals surface area contributed by atoms with Gasteiger partial charge in [-0.05, 0) is 30.5 Å². The number of nitrogens with one attached hydrogen (secondary N) is 1. The van der Waals surface area contributed by atoms with Gasteiger partial charge in [-0.25, -0.2) is 18.4 Å².